The molecular weight excluding hydrogens is 315 g/mol. The summed E-state index contributed by atoms with van der Waals surface area (Å²) in [5, 5.41) is 2.63. The minimum absolute atomic E-state index is 0.168. The van der Waals surface area contributed by atoms with Gasteiger partial charge in [0.05, 0.1) is 16.4 Å². The Kier molecular flexibility index (Phi) is 4.46. The van der Waals surface area contributed by atoms with Crippen LogP contribution < -0.4 is 10.1 Å². The van der Waals surface area contributed by atoms with Crippen molar-refractivity contribution in [3.8, 4) is 5.75 Å². The lowest BCUT2D eigenvalue weighted by Crippen LogP contribution is -2.20. The fraction of sp³-hybridized carbons (Fsp3) is 0.0769. The molecule has 1 N–H and O–H groups in total. The van der Waals surface area contributed by atoms with E-state index in [1.807, 2.05) is 0 Å². The van der Waals surface area contributed by atoms with Crippen LogP contribution in [0.2, 0.25) is 0 Å². The molecule has 0 saturated heterocycles. The average Bonchev–Trinajstić information content (AvgIpc) is 2.39. The minimum Gasteiger partial charge on any atom is -0.483 e. The van der Waals surface area contributed by atoms with Crippen LogP contribution in [0.25, 0.3) is 0 Å². The topological polar surface area (TPSA) is 51.2 Å². The van der Waals surface area contributed by atoms with Gasteiger partial charge in [0.15, 0.2) is 6.61 Å². The quantitative estimate of drug-likeness (QED) is 0.940. The van der Waals surface area contributed by atoms with E-state index in [0.717, 1.165) is 0 Å². The number of hydrogen-bond acceptors (Lipinski definition) is 3. The molecule has 0 atom stereocenters. The molecule has 4 nitrogen and oxygen atoms in total. The van der Waals surface area contributed by atoms with Gasteiger partial charge in [-0.15, -0.1) is 0 Å². The molecule has 0 aliphatic heterocycles. The van der Waals surface area contributed by atoms with Gasteiger partial charge in [-0.2, -0.15) is 0 Å². The largest absolute Gasteiger partial charge is 0.483 e. The summed E-state index contributed by atoms with van der Waals surface area (Å²) in [5.74, 6) is -0.286. The molecule has 0 spiro atoms. The van der Waals surface area contributed by atoms with E-state index in [1.54, 1.807) is 18.3 Å². The number of nitrogens with one attached hydrogen (secondary N) is 1. The van der Waals surface area contributed by atoms with E-state index < -0.39 is 0 Å². The van der Waals surface area contributed by atoms with Crippen molar-refractivity contribution in [3.63, 3.8) is 0 Å². The highest BCUT2D eigenvalue weighted by atomic mass is 79.9. The molecule has 0 aliphatic carbocycles. The number of amides is 1. The van der Waals surface area contributed by atoms with Crippen molar-refractivity contribution >= 4 is 27.5 Å². The summed E-state index contributed by atoms with van der Waals surface area (Å²) >= 11 is 3.16. The van der Waals surface area contributed by atoms with Crippen molar-refractivity contribution < 1.29 is 13.9 Å². The number of hydrogen-bond donors (Lipinski definition) is 1. The Bertz CT molecular complexity index is 578. The molecule has 6 heteroatoms. The number of carbonyl (C=O) groups excluding carboxylic acids is 1. The number of pyridine rings is 1. The third kappa shape index (κ3) is 4.03. The summed E-state index contributed by atoms with van der Waals surface area (Å²) < 4.78 is 18.6. The Labute approximate surface area is 117 Å². The number of anilines is 1. The van der Waals surface area contributed by atoms with Crippen LogP contribution in [-0.4, -0.2) is 17.5 Å². The zero-order valence-electron chi connectivity index (χ0n) is 9.77. The normalized spacial score (nSPS) is 10.0. The molecule has 0 fully saturated rings. The zero-order chi connectivity index (χ0) is 13.7. The lowest BCUT2D eigenvalue weighted by Gasteiger charge is -2.08. The predicted molar refractivity (Wildman–Crippen MR) is 72.5 cm³/mol. The van der Waals surface area contributed by atoms with Gasteiger partial charge < -0.3 is 10.1 Å². The zero-order valence-corrected chi connectivity index (χ0v) is 11.4. The Morgan fingerprint density at radius 3 is 2.95 bits per heavy atom. The van der Waals surface area contributed by atoms with Crippen LogP contribution in [0.1, 0.15) is 0 Å². The molecule has 0 saturated carbocycles. The Hall–Kier alpha value is -1.95. The molecule has 2 aromatic rings. The first kappa shape index (κ1) is 13.5. The van der Waals surface area contributed by atoms with Crippen molar-refractivity contribution in [1.82, 2.24) is 4.98 Å². The molecule has 0 aliphatic rings. The average molecular weight is 325 g/mol. The fourth-order valence-electron chi connectivity index (χ4n) is 1.37. The van der Waals surface area contributed by atoms with Crippen molar-refractivity contribution in [1.29, 1.82) is 0 Å². The van der Waals surface area contributed by atoms with Crippen LogP contribution in [-0.2, 0) is 4.79 Å². The van der Waals surface area contributed by atoms with Gasteiger partial charge in [0.1, 0.15) is 11.6 Å². The third-order valence-electron chi connectivity index (χ3n) is 2.20. The van der Waals surface area contributed by atoms with Gasteiger partial charge in [0, 0.05) is 6.20 Å². The minimum atomic E-state index is -0.376. The Morgan fingerprint density at radius 1 is 1.42 bits per heavy atom. The predicted octanol–water partition coefficient (Wildman–Crippen LogP) is 3.00. The van der Waals surface area contributed by atoms with E-state index in [1.165, 1.54) is 24.4 Å². The van der Waals surface area contributed by atoms with Gasteiger partial charge in [-0.3, -0.25) is 9.78 Å². The highest BCUT2D eigenvalue weighted by molar-refractivity contribution is 9.10. The standard InChI is InChI=1S/C13H10BrFN2O2/c14-11-6-9(15)3-4-12(11)19-8-13(18)17-10-2-1-5-16-7-10/h1-7H,8H2,(H,17,18). The molecular formula is C13H10BrFN2O2. The van der Waals surface area contributed by atoms with Gasteiger partial charge in [-0.25, -0.2) is 4.39 Å². The molecule has 1 aromatic heterocycles. The van der Waals surface area contributed by atoms with Crippen LogP contribution in [0.5, 0.6) is 5.75 Å². The van der Waals surface area contributed by atoms with Gasteiger partial charge in [0.2, 0.25) is 0 Å². The van der Waals surface area contributed by atoms with E-state index in [4.69, 9.17) is 4.74 Å². The summed E-state index contributed by atoms with van der Waals surface area (Å²) in [4.78, 5) is 15.5. The number of nitrogens with zero attached hydrogens (tertiary/aromatic N) is 1. The molecule has 0 radical (unpaired) electrons. The number of carbonyl (C=O) groups is 1. The number of benzene rings is 1. The Balaban J connectivity index is 1.90. The van der Waals surface area contributed by atoms with Crippen LogP contribution in [0.3, 0.4) is 0 Å². The maximum Gasteiger partial charge on any atom is 0.262 e. The van der Waals surface area contributed by atoms with Crippen molar-refractivity contribution in [2.24, 2.45) is 0 Å². The Morgan fingerprint density at radius 2 is 2.26 bits per heavy atom. The molecule has 98 valence electrons. The van der Waals surface area contributed by atoms with Gasteiger partial charge >= 0.3 is 0 Å². The monoisotopic (exact) mass is 324 g/mol. The summed E-state index contributed by atoms with van der Waals surface area (Å²) in [7, 11) is 0. The van der Waals surface area contributed by atoms with Crippen LogP contribution >= 0.6 is 15.9 Å². The lowest BCUT2D eigenvalue weighted by atomic mass is 10.3. The summed E-state index contributed by atoms with van der Waals surface area (Å²) in [6.07, 6.45) is 3.15. The fourth-order valence-corrected chi connectivity index (χ4v) is 1.83. The highest BCUT2D eigenvalue weighted by Crippen LogP contribution is 2.25. The first-order chi connectivity index (χ1) is 9.15. The maximum atomic E-state index is 12.9. The molecule has 1 amide bonds. The van der Waals surface area contributed by atoms with E-state index in [-0.39, 0.29) is 18.3 Å². The van der Waals surface area contributed by atoms with Crippen LogP contribution in [0.4, 0.5) is 10.1 Å². The molecule has 2 rings (SSSR count). The van der Waals surface area contributed by atoms with E-state index in [2.05, 4.69) is 26.2 Å². The molecule has 1 aromatic carbocycles. The number of ether oxygens (including phenoxy) is 1. The van der Waals surface area contributed by atoms with Crippen molar-refractivity contribution in [2.45, 2.75) is 0 Å². The van der Waals surface area contributed by atoms with Gasteiger partial charge in [-0.05, 0) is 46.3 Å². The van der Waals surface area contributed by atoms with Crippen LogP contribution in [0, 0.1) is 5.82 Å². The second kappa shape index (κ2) is 6.29. The van der Waals surface area contributed by atoms with Crippen molar-refractivity contribution in [3.05, 3.63) is 53.0 Å². The lowest BCUT2D eigenvalue weighted by molar-refractivity contribution is -0.118. The summed E-state index contributed by atoms with van der Waals surface area (Å²) in [5.41, 5.74) is 0.592. The molecule has 1 heterocycles. The first-order valence-corrected chi connectivity index (χ1v) is 6.22. The first-order valence-electron chi connectivity index (χ1n) is 5.43. The molecule has 0 unspecified atom stereocenters. The van der Waals surface area contributed by atoms with Gasteiger partial charge in [0.25, 0.3) is 5.91 Å². The maximum absolute atomic E-state index is 12.9. The number of aromatic nitrogens is 1. The highest BCUT2D eigenvalue weighted by Gasteiger charge is 2.06. The number of rotatable bonds is 4. The summed E-state index contributed by atoms with van der Waals surface area (Å²) in [6, 6.07) is 7.43. The molecule has 0 bridgehead atoms. The second-order valence-corrected chi connectivity index (χ2v) is 4.51. The number of halogens is 2. The summed E-state index contributed by atoms with van der Waals surface area (Å²) in [6.45, 7) is -0.168. The van der Waals surface area contributed by atoms with Crippen molar-refractivity contribution in [2.75, 3.05) is 11.9 Å². The second-order valence-electron chi connectivity index (χ2n) is 3.65. The van der Waals surface area contributed by atoms with E-state index in [0.29, 0.717) is 15.9 Å². The van der Waals surface area contributed by atoms with E-state index >= 15 is 0 Å². The SMILES string of the molecule is O=C(COc1ccc(F)cc1Br)Nc1cccnc1. The van der Waals surface area contributed by atoms with E-state index in [9.17, 15) is 9.18 Å². The smallest absolute Gasteiger partial charge is 0.262 e. The van der Waals surface area contributed by atoms with Crippen LogP contribution in [0.15, 0.2) is 47.2 Å². The third-order valence-corrected chi connectivity index (χ3v) is 2.82. The molecule has 19 heavy (non-hydrogen) atoms. The van der Waals surface area contributed by atoms with Gasteiger partial charge in [-0.1, -0.05) is 0 Å².